The summed E-state index contributed by atoms with van der Waals surface area (Å²) in [6.45, 7) is 7.37. The van der Waals surface area contributed by atoms with Gasteiger partial charge in [-0.25, -0.2) is 0 Å². The highest BCUT2D eigenvalue weighted by molar-refractivity contribution is 5.73. The van der Waals surface area contributed by atoms with Gasteiger partial charge in [0, 0.05) is 5.41 Å². The molecule has 1 fully saturated rings. The molecule has 4 heteroatoms. The molecule has 0 spiro atoms. The van der Waals surface area contributed by atoms with Crippen LogP contribution in [0.1, 0.15) is 28.7 Å². The Balaban J connectivity index is 2.37. The number of carboxylic acids is 1. The molecule has 0 saturated carbocycles. The molecule has 0 radical (unpaired) electrons. The smallest absolute Gasteiger partial charge is 0.320 e. The van der Waals surface area contributed by atoms with Gasteiger partial charge < -0.3 is 15.6 Å². The van der Waals surface area contributed by atoms with Gasteiger partial charge in [-0.3, -0.25) is 4.79 Å². The van der Waals surface area contributed by atoms with Crippen molar-refractivity contribution in [2.75, 3.05) is 13.2 Å². The van der Waals surface area contributed by atoms with Crippen molar-refractivity contribution in [3.05, 3.63) is 34.4 Å². The van der Waals surface area contributed by atoms with E-state index in [-0.39, 0.29) is 5.41 Å². The summed E-state index contributed by atoms with van der Waals surface area (Å²) in [6, 6.07) is 3.34. The fourth-order valence-electron chi connectivity index (χ4n) is 2.77. The van der Waals surface area contributed by atoms with Crippen molar-refractivity contribution < 1.29 is 14.6 Å². The van der Waals surface area contributed by atoms with Crippen LogP contribution in [-0.2, 0) is 14.9 Å². The average molecular weight is 263 g/mol. The Labute approximate surface area is 113 Å². The van der Waals surface area contributed by atoms with Crippen molar-refractivity contribution in [1.29, 1.82) is 0 Å². The second kappa shape index (κ2) is 4.94. The van der Waals surface area contributed by atoms with Gasteiger partial charge in [-0.15, -0.1) is 0 Å². The summed E-state index contributed by atoms with van der Waals surface area (Å²) in [5.41, 5.74) is 10.4. The van der Waals surface area contributed by atoms with Crippen LogP contribution in [0, 0.1) is 20.8 Å². The first-order chi connectivity index (χ1) is 8.87. The highest BCUT2D eigenvalue weighted by Crippen LogP contribution is 2.39. The van der Waals surface area contributed by atoms with Crippen LogP contribution < -0.4 is 5.73 Å². The molecule has 1 aromatic rings. The zero-order valence-corrected chi connectivity index (χ0v) is 11.7. The number of carboxylic acid groups (broad SMARTS) is 1. The Hall–Kier alpha value is -1.39. The zero-order chi connectivity index (χ0) is 14.2. The van der Waals surface area contributed by atoms with E-state index in [4.69, 9.17) is 15.6 Å². The van der Waals surface area contributed by atoms with E-state index in [1.54, 1.807) is 0 Å². The molecule has 1 aromatic carbocycles. The van der Waals surface area contributed by atoms with Gasteiger partial charge in [0.25, 0.3) is 0 Å². The first kappa shape index (κ1) is 14.0. The Kier molecular flexibility index (Phi) is 3.65. The van der Waals surface area contributed by atoms with Crippen LogP contribution in [0.3, 0.4) is 0 Å². The second-order valence-electron chi connectivity index (χ2n) is 5.60. The van der Waals surface area contributed by atoms with Crippen molar-refractivity contribution in [1.82, 2.24) is 0 Å². The summed E-state index contributed by atoms with van der Waals surface area (Å²) in [5, 5.41) is 9.01. The van der Waals surface area contributed by atoms with Crippen LogP contribution in [0.5, 0.6) is 0 Å². The normalized spacial score (nSPS) is 18.7. The number of carbonyl (C=O) groups is 1. The number of aliphatic carboxylic acids is 1. The SMILES string of the molecule is Cc1ccc(C2(CC(N)C(=O)O)COC2)c(C)c1C. The van der Waals surface area contributed by atoms with Crippen molar-refractivity contribution >= 4 is 5.97 Å². The maximum atomic E-state index is 11.0. The number of hydrogen-bond acceptors (Lipinski definition) is 3. The summed E-state index contributed by atoms with van der Waals surface area (Å²) in [4.78, 5) is 11.0. The van der Waals surface area contributed by atoms with Crippen LogP contribution in [0.25, 0.3) is 0 Å². The number of benzene rings is 1. The lowest BCUT2D eigenvalue weighted by Crippen LogP contribution is -2.52. The average Bonchev–Trinajstić information content (AvgIpc) is 2.31. The second-order valence-corrected chi connectivity index (χ2v) is 5.60. The molecule has 3 N–H and O–H groups in total. The Morgan fingerprint density at radius 1 is 1.37 bits per heavy atom. The molecule has 1 heterocycles. The molecule has 2 rings (SSSR count). The Bertz CT molecular complexity index is 506. The van der Waals surface area contributed by atoms with Crippen LogP contribution in [0.2, 0.25) is 0 Å². The number of aryl methyl sites for hydroxylation is 1. The molecule has 0 amide bonds. The molecule has 1 aliphatic heterocycles. The van der Waals surface area contributed by atoms with Gasteiger partial charge in [-0.1, -0.05) is 12.1 Å². The Morgan fingerprint density at radius 2 is 2.00 bits per heavy atom. The molecule has 104 valence electrons. The van der Waals surface area contributed by atoms with Crippen LogP contribution >= 0.6 is 0 Å². The highest BCUT2D eigenvalue weighted by Gasteiger charge is 2.43. The summed E-state index contributed by atoms with van der Waals surface area (Å²) >= 11 is 0. The van der Waals surface area contributed by atoms with Gasteiger partial charge in [0.15, 0.2) is 0 Å². The van der Waals surface area contributed by atoms with Crippen LogP contribution in [0.4, 0.5) is 0 Å². The van der Waals surface area contributed by atoms with E-state index in [2.05, 4.69) is 32.9 Å². The lowest BCUT2D eigenvalue weighted by molar-refractivity contribution is -0.141. The largest absolute Gasteiger partial charge is 0.480 e. The predicted molar refractivity (Wildman–Crippen MR) is 73.4 cm³/mol. The van der Waals surface area contributed by atoms with Gasteiger partial charge in [-0.2, -0.15) is 0 Å². The quantitative estimate of drug-likeness (QED) is 0.867. The van der Waals surface area contributed by atoms with E-state index < -0.39 is 12.0 Å². The van der Waals surface area contributed by atoms with E-state index in [1.165, 1.54) is 22.3 Å². The van der Waals surface area contributed by atoms with Gasteiger partial charge in [-0.05, 0) is 49.4 Å². The monoisotopic (exact) mass is 263 g/mol. The third-order valence-corrected chi connectivity index (χ3v) is 4.31. The molecule has 0 aromatic heterocycles. The van der Waals surface area contributed by atoms with E-state index in [1.807, 2.05) is 0 Å². The van der Waals surface area contributed by atoms with Crippen molar-refractivity contribution in [2.24, 2.45) is 5.73 Å². The predicted octanol–water partition coefficient (Wildman–Crippen LogP) is 1.68. The first-order valence-corrected chi connectivity index (χ1v) is 6.51. The van der Waals surface area contributed by atoms with Gasteiger partial charge in [0.2, 0.25) is 0 Å². The summed E-state index contributed by atoms with van der Waals surface area (Å²) in [5.74, 6) is -0.951. The number of ether oxygens (including phenoxy) is 1. The molecule has 1 atom stereocenters. The van der Waals surface area contributed by atoms with Gasteiger partial charge in [0.1, 0.15) is 6.04 Å². The fraction of sp³-hybridized carbons (Fsp3) is 0.533. The molecule has 1 saturated heterocycles. The van der Waals surface area contributed by atoms with Gasteiger partial charge >= 0.3 is 5.97 Å². The highest BCUT2D eigenvalue weighted by atomic mass is 16.5. The maximum absolute atomic E-state index is 11.0. The summed E-state index contributed by atoms with van der Waals surface area (Å²) in [7, 11) is 0. The molecule has 1 aliphatic rings. The molecular formula is C15H21NO3. The Morgan fingerprint density at radius 3 is 2.47 bits per heavy atom. The van der Waals surface area contributed by atoms with Crippen LogP contribution in [0.15, 0.2) is 12.1 Å². The van der Waals surface area contributed by atoms with E-state index >= 15 is 0 Å². The molecule has 1 unspecified atom stereocenters. The molecule has 4 nitrogen and oxygen atoms in total. The topological polar surface area (TPSA) is 72.6 Å². The van der Waals surface area contributed by atoms with E-state index in [0.717, 1.165) is 0 Å². The molecule has 0 aliphatic carbocycles. The van der Waals surface area contributed by atoms with Crippen molar-refractivity contribution in [3.8, 4) is 0 Å². The molecule has 0 bridgehead atoms. The summed E-state index contributed by atoms with van der Waals surface area (Å²) < 4.78 is 5.35. The van der Waals surface area contributed by atoms with E-state index in [0.29, 0.717) is 19.6 Å². The molecular weight excluding hydrogens is 242 g/mol. The summed E-state index contributed by atoms with van der Waals surface area (Å²) in [6.07, 6.45) is 0.422. The minimum Gasteiger partial charge on any atom is -0.480 e. The van der Waals surface area contributed by atoms with Crippen LogP contribution in [-0.4, -0.2) is 30.3 Å². The fourth-order valence-corrected chi connectivity index (χ4v) is 2.77. The third kappa shape index (κ3) is 2.38. The lowest BCUT2D eigenvalue weighted by Gasteiger charge is -2.44. The number of nitrogens with two attached hydrogens (primary N) is 1. The van der Waals surface area contributed by atoms with Gasteiger partial charge in [0.05, 0.1) is 13.2 Å². The number of hydrogen-bond donors (Lipinski definition) is 2. The maximum Gasteiger partial charge on any atom is 0.320 e. The number of rotatable bonds is 4. The standard InChI is InChI=1S/C15H21NO3/c1-9-4-5-12(11(3)10(9)2)15(7-19-8-15)6-13(16)14(17)18/h4-5,13H,6-8,16H2,1-3H3,(H,17,18). The minimum absolute atomic E-state index is 0.236. The minimum atomic E-state index is -0.951. The zero-order valence-electron chi connectivity index (χ0n) is 11.7. The molecule has 19 heavy (non-hydrogen) atoms. The van der Waals surface area contributed by atoms with E-state index in [9.17, 15) is 4.79 Å². The lowest BCUT2D eigenvalue weighted by atomic mass is 9.71. The third-order valence-electron chi connectivity index (χ3n) is 4.31. The first-order valence-electron chi connectivity index (χ1n) is 6.51. The van der Waals surface area contributed by atoms with Crippen molar-refractivity contribution in [2.45, 2.75) is 38.6 Å². The van der Waals surface area contributed by atoms with Crippen molar-refractivity contribution in [3.63, 3.8) is 0 Å².